The smallest absolute Gasteiger partial charge is 0.240 e. The number of benzene rings is 2. The highest BCUT2D eigenvalue weighted by molar-refractivity contribution is 7.99. The zero-order chi connectivity index (χ0) is 20.3. The number of carbonyl (C=O) groups is 1. The van der Waals surface area contributed by atoms with E-state index in [1.54, 1.807) is 43.0 Å². The summed E-state index contributed by atoms with van der Waals surface area (Å²) < 4.78 is 40.9. The van der Waals surface area contributed by atoms with Crippen LogP contribution in [-0.2, 0) is 14.8 Å². The van der Waals surface area contributed by atoms with Crippen LogP contribution in [0.1, 0.15) is 35.6 Å². The van der Waals surface area contributed by atoms with Gasteiger partial charge in [-0.25, -0.2) is 17.5 Å². The van der Waals surface area contributed by atoms with Crippen LogP contribution in [0.2, 0.25) is 0 Å². The minimum absolute atomic E-state index is 0.00103. The van der Waals surface area contributed by atoms with Crippen LogP contribution in [0.25, 0.3) is 0 Å². The summed E-state index contributed by atoms with van der Waals surface area (Å²) in [5, 5.41) is 2.89. The molecular weight excluding hydrogens is 399 g/mol. The third-order valence-corrected chi connectivity index (χ3v) is 7.35. The fourth-order valence-electron chi connectivity index (χ4n) is 3.26. The van der Waals surface area contributed by atoms with Crippen molar-refractivity contribution < 1.29 is 17.6 Å². The van der Waals surface area contributed by atoms with Gasteiger partial charge in [-0.3, -0.25) is 4.79 Å². The number of carbonyl (C=O) groups excluding carboxylic acids is 1. The highest BCUT2D eigenvalue weighted by atomic mass is 32.2. The van der Waals surface area contributed by atoms with Crippen molar-refractivity contribution in [2.45, 2.75) is 42.5 Å². The van der Waals surface area contributed by atoms with Gasteiger partial charge in [-0.2, -0.15) is 0 Å². The Morgan fingerprint density at radius 2 is 2.00 bits per heavy atom. The van der Waals surface area contributed by atoms with Crippen LogP contribution in [0.5, 0.6) is 0 Å². The third-order valence-electron chi connectivity index (χ3n) is 4.61. The molecule has 0 radical (unpaired) electrons. The van der Waals surface area contributed by atoms with E-state index < -0.39 is 10.0 Å². The molecule has 5 nitrogen and oxygen atoms in total. The molecule has 2 aromatic carbocycles. The second-order valence-electron chi connectivity index (χ2n) is 6.86. The van der Waals surface area contributed by atoms with Crippen molar-refractivity contribution in [1.29, 1.82) is 0 Å². The molecule has 0 saturated carbocycles. The fourth-order valence-corrected chi connectivity index (χ4v) is 5.62. The minimum atomic E-state index is -3.67. The molecule has 1 amide bonds. The van der Waals surface area contributed by atoms with Crippen LogP contribution >= 0.6 is 11.8 Å². The number of sulfonamides is 1. The number of amides is 1. The third kappa shape index (κ3) is 4.92. The van der Waals surface area contributed by atoms with Gasteiger partial charge in [-0.05, 0) is 55.7 Å². The first-order valence-electron chi connectivity index (χ1n) is 9.05. The van der Waals surface area contributed by atoms with E-state index >= 15 is 0 Å². The number of fused-ring (bicyclic) bond motifs is 1. The summed E-state index contributed by atoms with van der Waals surface area (Å²) in [7, 11) is -3.67. The SMILES string of the molecule is Cc1ccc(S(=O)(=O)NCCC(=O)NC2CCSc3ccc(F)cc32)c(C)c1. The Morgan fingerprint density at radius 1 is 1.21 bits per heavy atom. The predicted molar refractivity (Wildman–Crippen MR) is 108 cm³/mol. The van der Waals surface area contributed by atoms with Crippen molar-refractivity contribution in [3.63, 3.8) is 0 Å². The zero-order valence-electron chi connectivity index (χ0n) is 15.8. The summed E-state index contributed by atoms with van der Waals surface area (Å²) in [5.74, 6) is 0.236. The van der Waals surface area contributed by atoms with E-state index in [0.29, 0.717) is 12.0 Å². The quantitative estimate of drug-likeness (QED) is 0.748. The monoisotopic (exact) mass is 422 g/mol. The van der Waals surface area contributed by atoms with E-state index in [2.05, 4.69) is 10.0 Å². The minimum Gasteiger partial charge on any atom is -0.349 e. The van der Waals surface area contributed by atoms with Crippen molar-refractivity contribution in [3.05, 3.63) is 58.9 Å². The Balaban J connectivity index is 1.58. The second kappa shape index (κ2) is 8.63. The molecule has 0 saturated heterocycles. The molecule has 0 spiro atoms. The van der Waals surface area contributed by atoms with Gasteiger partial charge in [0, 0.05) is 23.6 Å². The average molecular weight is 423 g/mol. The molecule has 28 heavy (non-hydrogen) atoms. The van der Waals surface area contributed by atoms with Crippen LogP contribution in [0.3, 0.4) is 0 Å². The van der Waals surface area contributed by atoms with Crippen molar-refractivity contribution >= 4 is 27.7 Å². The molecule has 1 aliphatic heterocycles. The fraction of sp³-hybridized carbons (Fsp3) is 0.350. The highest BCUT2D eigenvalue weighted by Gasteiger charge is 2.23. The highest BCUT2D eigenvalue weighted by Crippen LogP contribution is 2.36. The van der Waals surface area contributed by atoms with E-state index in [9.17, 15) is 17.6 Å². The number of thioether (sulfide) groups is 1. The van der Waals surface area contributed by atoms with E-state index in [1.165, 1.54) is 12.1 Å². The standard InChI is InChI=1S/C20H23FN2O3S2/c1-13-3-6-19(14(2)11-13)28(25,26)22-9-7-20(24)23-17-8-10-27-18-5-4-15(21)12-16(17)18/h3-6,11-12,17,22H,7-10H2,1-2H3,(H,23,24). The van der Waals surface area contributed by atoms with Gasteiger partial charge in [0.25, 0.3) is 0 Å². The summed E-state index contributed by atoms with van der Waals surface area (Å²) >= 11 is 1.64. The van der Waals surface area contributed by atoms with Gasteiger partial charge in [0.15, 0.2) is 0 Å². The van der Waals surface area contributed by atoms with Crippen molar-refractivity contribution in [2.75, 3.05) is 12.3 Å². The number of nitrogens with one attached hydrogen (secondary N) is 2. The maximum Gasteiger partial charge on any atom is 0.240 e. The summed E-state index contributed by atoms with van der Waals surface area (Å²) in [6.07, 6.45) is 0.722. The molecule has 0 aromatic heterocycles. The van der Waals surface area contributed by atoms with Gasteiger partial charge in [0.2, 0.25) is 15.9 Å². The molecule has 2 aromatic rings. The van der Waals surface area contributed by atoms with Crippen molar-refractivity contribution in [3.8, 4) is 0 Å². The maximum absolute atomic E-state index is 13.6. The average Bonchev–Trinajstić information content (AvgIpc) is 2.61. The molecule has 0 aliphatic carbocycles. The molecule has 0 bridgehead atoms. The first-order chi connectivity index (χ1) is 13.3. The van der Waals surface area contributed by atoms with Crippen LogP contribution in [-0.4, -0.2) is 26.6 Å². The molecule has 1 aliphatic rings. The zero-order valence-corrected chi connectivity index (χ0v) is 17.4. The molecule has 1 heterocycles. The summed E-state index contributed by atoms with van der Waals surface area (Å²) in [6.45, 7) is 3.64. The summed E-state index contributed by atoms with van der Waals surface area (Å²) in [6, 6.07) is 9.46. The van der Waals surface area contributed by atoms with Gasteiger partial charge in [-0.1, -0.05) is 17.7 Å². The van der Waals surface area contributed by atoms with E-state index in [-0.39, 0.29) is 35.6 Å². The van der Waals surface area contributed by atoms with Gasteiger partial charge >= 0.3 is 0 Å². The normalized spacial score (nSPS) is 16.5. The Labute approximate surface area is 169 Å². The largest absolute Gasteiger partial charge is 0.349 e. The molecule has 1 atom stereocenters. The topological polar surface area (TPSA) is 75.3 Å². The number of rotatable bonds is 6. The van der Waals surface area contributed by atoms with Crippen LogP contribution in [0.4, 0.5) is 4.39 Å². The first kappa shape index (κ1) is 20.8. The van der Waals surface area contributed by atoms with E-state index in [4.69, 9.17) is 0 Å². The molecule has 2 N–H and O–H groups in total. The van der Waals surface area contributed by atoms with Crippen LogP contribution in [0, 0.1) is 19.7 Å². The lowest BCUT2D eigenvalue weighted by atomic mass is 10.0. The summed E-state index contributed by atoms with van der Waals surface area (Å²) in [4.78, 5) is 13.5. The lowest BCUT2D eigenvalue weighted by molar-refractivity contribution is -0.121. The van der Waals surface area contributed by atoms with Crippen LogP contribution < -0.4 is 10.0 Å². The molecule has 8 heteroatoms. The molecular formula is C20H23FN2O3S2. The molecule has 1 unspecified atom stereocenters. The van der Waals surface area contributed by atoms with E-state index in [0.717, 1.165) is 21.8 Å². The molecule has 0 fully saturated rings. The number of halogens is 1. The summed E-state index contributed by atoms with van der Waals surface area (Å²) in [5.41, 5.74) is 2.42. The van der Waals surface area contributed by atoms with Crippen molar-refractivity contribution in [1.82, 2.24) is 10.0 Å². The number of aryl methyl sites for hydroxylation is 2. The predicted octanol–water partition coefficient (Wildman–Crippen LogP) is 3.46. The van der Waals surface area contributed by atoms with Crippen LogP contribution in [0.15, 0.2) is 46.2 Å². The number of hydrogen-bond donors (Lipinski definition) is 2. The van der Waals surface area contributed by atoms with Gasteiger partial charge < -0.3 is 5.32 Å². The van der Waals surface area contributed by atoms with E-state index in [1.807, 2.05) is 6.92 Å². The second-order valence-corrected chi connectivity index (χ2v) is 9.73. The first-order valence-corrected chi connectivity index (χ1v) is 11.5. The Bertz CT molecular complexity index is 993. The van der Waals surface area contributed by atoms with Gasteiger partial charge in [0.1, 0.15) is 5.82 Å². The van der Waals surface area contributed by atoms with Gasteiger partial charge in [-0.15, -0.1) is 11.8 Å². The number of hydrogen-bond acceptors (Lipinski definition) is 4. The lowest BCUT2D eigenvalue weighted by Gasteiger charge is -2.26. The Hall–Kier alpha value is -1.90. The van der Waals surface area contributed by atoms with Crippen molar-refractivity contribution in [2.24, 2.45) is 0 Å². The molecule has 150 valence electrons. The van der Waals surface area contributed by atoms with Gasteiger partial charge in [0.05, 0.1) is 10.9 Å². The lowest BCUT2D eigenvalue weighted by Crippen LogP contribution is -2.34. The maximum atomic E-state index is 13.6. The molecule has 3 rings (SSSR count). The Kier molecular flexibility index (Phi) is 6.42. The Morgan fingerprint density at radius 3 is 2.75 bits per heavy atom.